The number of hydrogen-bond donors (Lipinski definition) is 1. The number of benzene rings is 1. The lowest BCUT2D eigenvalue weighted by atomic mass is 9.96. The highest BCUT2D eigenvalue weighted by molar-refractivity contribution is 7.89. The normalized spacial score (nSPS) is 20.1. The Labute approximate surface area is 169 Å². The maximum Gasteiger partial charge on any atom is 0.262 e. The fourth-order valence-corrected chi connectivity index (χ4v) is 4.73. The van der Waals surface area contributed by atoms with E-state index in [9.17, 15) is 17.6 Å². The molecule has 29 heavy (non-hydrogen) atoms. The van der Waals surface area contributed by atoms with Gasteiger partial charge in [0.05, 0.1) is 12.4 Å². The van der Waals surface area contributed by atoms with Crippen LogP contribution in [-0.2, 0) is 26.6 Å². The standard InChI is InChI=1S/C19H25FN4O4S/c1-3-8-21-18(25)12-28-17-10-24(29(26,27)19-11-23(2)13-22-19)9-16(17)14-4-6-15(20)7-5-14/h4-7,11,13,16-17H,3,8-10,12H2,1-2H3,(H,21,25). The number of carbonyl (C=O) groups is 1. The van der Waals surface area contributed by atoms with E-state index in [1.165, 1.54) is 29.0 Å². The Bertz CT molecular complexity index is 945. The van der Waals surface area contributed by atoms with E-state index in [0.717, 1.165) is 12.0 Å². The number of sulfonamides is 1. The molecule has 1 N–H and O–H groups in total. The van der Waals surface area contributed by atoms with Gasteiger partial charge in [0.15, 0.2) is 5.03 Å². The van der Waals surface area contributed by atoms with Gasteiger partial charge in [-0.25, -0.2) is 17.8 Å². The number of aromatic nitrogens is 2. The third kappa shape index (κ3) is 5.01. The molecule has 1 amide bonds. The molecule has 10 heteroatoms. The van der Waals surface area contributed by atoms with Gasteiger partial charge >= 0.3 is 0 Å². The molecule has 0 spiro atoms. The SMILES string of the molecule is CCCNC(=O)COC1CN(S(=O)(=O)c2cn(C)cn2)CC1c1ccc(F)cc1. The summed E-state index contributed by atoms with van der Waals surface area (Å²) >= 11 is 0. The molecular weight excluding hydrogens is 399 g/mol. The van der Waals surface area contributed by atoms with Crippen molar-refractivity contribution in [3.8, 4) is 0 Å². The Morgan fingerprint density at radius 3 is 2.66 bits per heavy atom. The molecule has 158 valence electrons. The number of amides is 1. The molecule has 1 aromatic carbocycles. The first kappa shape index (κ1) is 21.4. The summed E-state index contributed by atoms with van der Waals surface area (Å²) in [5, 5.41) is 2.69. The number of ether oxygens (including phenoxy) is 1. The summed E-state index contributed by atoms with van der Waals surface area (Å²) in [6.45, 7) is 2.57. The van der Waals surface area contributed by atoms with Crippen LogP contribution in [0.4, 0.5) is 4.39 Å². The quantitative estimate of drug-likeness (QED) is 0.689. The zero-order valence-corrected chi connectivity index (χ0v) is 17.2. The Morgan fingerprint density at radius 2 is 2.03 bits per heavy atom. The number of hydrogen-bond acceptors (Lipinski definition) is 5. The van der Waals surface area contributed by atoms with Crippen LogP contribution in [0.25, 0.3) is 0 Å². The first-order valence-corrected chi connectivity index (χ1v) is 10.9. The summed E-state index contributed by atoms with van der Waals surface area (Å²) in [6.07, 6.45) is 3.14. The van der Waals surface area contributed by atoms with Gasteiger partial charge in [0.25, 0.3) is 10.0 Å². The number of aryl methyl sites for hydroxylation is 1. The molecule has 0 radical (unpaired) electrons. The van der Waals surface area contributed by atoms with E-state index in [1.807, 2.05) is 6.92 Å². The van der Waals surface area contributed by atoms with Gasteiger partial charge in [-0.1, -0.05) is 19.1 Å². The Hall–Kier alpha value is -2.30. The summed E-state index contributed by atoms with van der Waals surface area (Å²) in [4.78, 5) is 15.9. The average Bonchev–Trinajstić information content (AvgIpc) is 3.32. The summed E-state index contributed by atoms with van der Waals surface area (Å²) in [7, 11) is -2.11. The minimum absolute atomic E-state index is 0.0424. The van der Waals surface area contributed by atoms with Crippen LogP contribution < -0.4 is 5.32 Å². The van der Waals surface area contributed by atoms with Crippen molar-refractivity contribution in [2.75, 3.05) is 26.2 Å². The monoisotopic (exact) mass is 424 g/mol. The third-order valence-corrected chi connectivity index (χ3v) is 6.53. The van der Waals surface area contributed by atoms with E-state index in [-0.39, 0.29) is 42.4 Å². The second-order valence-corrected chi connectivity index (χ2v) is 8.94. The molecule has 1 saturated heterocycles. The number of halogens is 1. The molecule has 2 unspecified atom stereocenters. The van der Waals surface area contributed by atoms with Gasteiger partial charge in [-0.05, 0) is 24.1 Å². The molecule has 0 bridgehead atoms. The van der Waals surface area contributed by atoms with Gasteiger partial charge in [-0.2, -0.15) is 4.31 Å². The second kappa shape index (κ2) is 9.02. The van der Waals surface area contributed by atoms with Crippen LogP contribution in [0.2, 0.25) is 0 Å². The van der Waals surface area contributed by atoms with E-state index in [2.05, 4.69) is 10.3 Å². The van der Waals surface area contributed by atoms with Crippen molar-refractivity contribution in [2.24, 2.45) is 7.05 Å². The van der Waals surface area contributed by atoms with E-state index in [4.69, 9.17) is 4.74 Å². The molecule has 1 aliphatic heterocycles. The molecule has 0 saturated carbocycles. The van der Waals surface area contributed by atoms with Crippen LogP contribution in [0.3, 0.4) is 0 Å². The second-order valence-electron chi connectivity index (χ2n) is 7.06. The zero-order chi connectivity index (χ0) is 21.0. The maximum absolute atomic E-state index is 13.3. The van der Waals surface area contributed by atoms with Crippen LogP contribution in [0.1, 0.15) is 24.8 Å². The van der Waals surface area contributed by atoms with Crippen molar-refractivity contribution in [3.63, 3.8) is 0 Å². The maximum atomic E-state index is 13.3. The smallest absolute Gasteiger partial charge is 0.262 e. The fraction of sp³-hybridized carbons (Fsp3) is 0.474. The van der Waals surface area contributed by atoms with Crippen molar-refractivity contribution in [1.29, 1.82) is 0 Å². The number of carbonyl (C=O) groups excluding carboxylic acids is 1. The van der Waals surface area contributed by atoms with Gasteiger partial charge < -0.3 is 14.6 Å². The highest BCUT2D eigenvalue weighted by Gasteiger charge is 2.41. The first-order valence-electron chi connectivity index (χ1n) is 9.43. The van der Waals surface area contributed by atoms with E-state index >= 15 is 0 Å². The van der Waals surface area contributed by atoms with Gasteiger partial charge in [-0.3, -0.25) is 4.79 Å². The van der Waals surface area contributed by atoms with Crippen molar-refractivity contribution in [3.05, 3.63) is 48.2 Å². The Kier molecular flexibility index (Phi) is 6.66. The Balaban J connectivity index is 1.79. The molecule has 8 nitrogen and oxygen atoms in total. The average molecular weight is 424 g/mol. The highest BCUT2D eigenvalue weighted by Crippen LogP contribution is 2.33. The van der Waals surface area contributed by atoms with Gasteiger partial charge in [0, 0.05) is 38.8 Å². The number of rotatable bonds is 8. The van der Waals surface area contributed by atoms with Crippen LogP contribution in [0, 0.1) is 5.82 Å². The summed E-state index contributed by atoms with van der Waals surface area (Å²) < 4.78 is 47.9. The number of imidazole rings is 1. The van der Waals surface area contributed by atoms with Gasteiger partial charge in [-0.15, -0.1) is 0 Å². The van der Waals surface area contributed by atoms with Crippen LogP contribution in [0.5, 0.6) is 0 Å². The lowest BCUT2D eigenvalue weighted by Gasteiger charge is -2.19. The topological polar surface area (TPSA) is 93.5 Å². The minimum Gasteiger partial charge on any atom is -0.366 e. The first-order chi connectivity index (χ1) is 13.8. The van der Waals surface area contributed by atoms with E-state index in [1.54, 1.807) is 23.7 Å². The molecule has 1 aliphatic rings. The molecule has 3 rings (SSSR count). The molecule has 2 heterocycles. The zero-order valence-electron chi connectivity index (χ0n) is 16.4. The molecule has 0 aliphatic carbocycles. The summed E-state index contributed by atoms with van der Waals surface area (Å²) in [5.41, 5.74) is 0.754. The summed E-state index contributed by atoms with van der Waals surface area (Å²) in [6, 6.07) is 5.89. The summed E-state index contributed by atoms with van der Waals surface area (Å²) in [5.74, 6) is -0.954. The van der Waals surface area contributed by atoms with E-state index < -0.39 is 16.1 Å². The van der Waals surface area contributed by atoms with Crippen molar-refractivity contribution < 1.29 is 22.3 Å². The van der Waals surface area contributed by atoms with Crippen molar-refractivity contribution >= 4 is 15.9 Å². The molecule has 2 aromatic rings. The third-order valence-electron chi connectivity index (χ3n) is 4.82. The number of nitrogens with zero attached hydrogens (tertiary/aromatic N) is 3. The van der Waals surface area contributed by atoms with Crippen LogP contribution in [-0.4, -0.2) is 60.5 Å². The molecular formula is C19H25FN4O4S. The van der Waals surface area contributed by atoms with Crippen LogP contribution in [0.15, 0.2) is 41.8 Å². The molecule has 1 fully saturated rings. The predicted octanol–water partition coefficient (Wildman–Crippen LogP) is 1.26. The van der Waals surface area contributed by atoms with Crippen LogP contribution >= 0.6 is 0 Å². The highest BCUT2D eigenvalue weighted by atomic mass is 32.2. The Morgan fingerprint density at radius 1 is 1.31 bits per heavy atom. The van der Waals surface area contributed by atoms with Gasteiger partial charge in [0.2, 0.25) is 5.91 Å². The van der Waals surface area contributed by atoms with Gasteiger partial charge in [0.1, 0.15) is 12.4 Å². The lowest BCUT2D eigenvalue weighted by Crippen LogP contribution is -2.33. The lowest BCUT2D eigenvalue weighted by molar-refractivity contribution is -0.127. The fourth-order valence-electron chi connectivity index (χ4n) is 3.29. The number of nitrogens with one attached hydrogen (secondary N) is 1. The van der Waals surface area contributed by atoms with Crippen molar-refractivity contribution in [1.82, 2.24) is 19.2 Å². The predicted molar refractivity (Wildman–Crippen MR) is 104 cm³/mol. The van der Waals surface area contributed by atoms with E-state index in [0.29, 0.717) is 6.54 Å². The molecule has 2 atom stereocenters. The molecule has 1 aromatic heterocycles. The minimum atomic E-state index is -3.81. The van der Waals surface area contributed by atoms with Crippen molar-refractivity contribution in [2.45, 2.75) is 30.4 Å². The largest absolute Gasteiger partial charge is 0.366 e.